The maximum Gasteiger partial charge on any atom is 0.306 e. The van der Waals surface area contributed by atoms with Crippen LogP contribution in [0.3, 0.4) is 0 Å². The van der Waals surface area contributed by atoms with E-state index in [0.29, 0.717) is 12.8 Å². The summed E-state index contributed by atoms with van der Waals surface area (Å²) in [6.07, 6.45) is 3.54. The Morgan fingerprint density at radius 3 is 2.87 bits per heavy atom. The zero-order valence-electron chi connectivity index (χ0n) is 9.18. The summed E-state index contributed by atoms with van der Waals surface area (Å²) in [5.74, 6) is -0.348. The SMILES string of the molecule is CCCn1ncnc1CC(CC)C(=O)O. The predicted octanol–water partition coefficient (Wildman–Crippen LogP) is 1.34. The molecule has 0 aromatic carbocycles. The van der Waals surface area contributed by atoms with Crippen molar-refractivity contribution in [3.8, 4) is 0 Å². The van der Waals surface area contributed by atoms with E-state index in [-0.39, 0.29) is 5.92 Å². The molecular weight excluding hydrogens is 194 g/mol. The number of carboxylic acid groups (broad SMARTS) is 1. The Bertz CT molecular complexity index is 322. The van der Waals surface area contributed by atoms with Gasteiger partial charge in [-0.2, -0.15) is 5.10 Å². The van der Waals surface area contributed by atoms with Crippen LogP contribution in [0, 0.1) is 5.92 Å². The fourth-order valence-corrected chi connectivity index (χ4v) is 1.47. The highest BCUT2D eigenvalue weighted by atomic mass is 16.4. The van der Waals surface area contributed by atoms with Gasteiger partial charge < -0.3 is 5.11 Å². The molecule has 0 radical (unpaired) electrons. The van der Waals surface area contributed by atoms with Crippen molar-refractivity contribution < 1.29 is 9.90 Å². The second-order valence-electron chi connectivity index (χ2n) is 3.55. The first-order valence-electron chi connectivity index (χ1n) is 5.28. The largest absolute Gasteiger partial charge is 0.481 e. The summed E-state index contributed by atoms with van der Waals surface area (Å²) in [6, 6.07) is 0. The van der Waals surface area contributed by atoms with Crippen LogP contribution in [-0.2, 0) is 17.8 Å². The topological polar surface area (TPSA) is 68.0 Å². The lowest BCUT2D eigenvalue weighted by atomic mass is 10.0. The van der Waals surface area contributed by atoms with E-state index in [1.54, 1.807) is 4.68 Å². The first kappa shape index (κ1) is 11.7. The molecule has 15 heavy (non-hydrogen) atoms. The van der Waals surface area contributed by atoms with Gasteiger partial charge in [0.2, 0.25) is 0 Å². The van der Waals surface area contributed by atoms with Crippen molar-refractivity contribution >= 4 is 5.97 Å². The second kappa shape index (κ2) is 5.48. The first-order valence-corrected chi connectivity index (χ1v) is 5.28. The Hall–Kier alpha value is -1.39. The van der Waals surface area contributed by atoms with Gasteiger partial charge in [-0.25, -0.2) is 4.98 Å². The van der Waals surface area contributed by atoms with Crippen LogP contribution < -0.4 is 0 Å². The van der Waals surface area contributed by atoms with Gasteiger partial charge in [0.15, 0.2) is 0 Å². The van der Waals surface area contributed by atoms with Gasteiger partial charge in [-0.1, -0.05) is 13.8 Å². The maximum atomic E-state index is 10.9. The third kappa shape index (κ3) is 3.04. The molecule has 1 aromatic rings. The summed E-state index contributed by atoms with van der Waals surface area (Å²) in [7, 11) is 0. The highest BCUT2D eigenvalue weighted by Crippen LogP contribution is 2.10. The monoisotopic (exact) mass is 211 g/mol. The van der Waals surface area contributed by atoms with Crippen LogP contribution in [-0.4, -0.2) is 25.8 Å². The first-order chi connectivity index (χ1) is 7.19. The van der Waals surface area contributed by atoms with Crippen molar-refractivity contribution in [1.29, 1.82) is 0 Å². The summed E-state index contributed by atoms with van der Waals surface area (Å²) in [5.41, 5.74) is 0. The fourth-order valence-electron chi connectivity index (χ4n) is 1.47. The molecular formula is C10H17N3O2. The molecule has 0 fully saturated rings. The van der Waals surface area contributed by atoms with E-state index >= 15 is 0 Å². The van der Waals surface area contributed by atoms with Crippen molar-refractivity contribution in [3.63, 3.8) is 0 Å². The number of aryl methyl sites for hydroxylation is 1. The van der Waals surface area contributed by atoms with Gasteiger partial charge in [0, 0.05) is 13.0 Å². The molecule has 84 valence electrons. The molecule has 1 rings (SSSR count). The highest BCUT2D eigenvalue weighted by molar-refractivity contribution is 5.70. The van der Waals surface area contributed by atoms with Gasteiger partial charge in [0.05, 0.1) is 5.92 Å². The molecule has 1 heterocycles. The zero-order chi connectivity index (χ0) is 11.3. The Balaban J connectivity index is 2.69. The number of rotatable bonds is 6. The zero-order valence-corrected chi connectivity index (χ0v) is 9.18. The molecule has 1 N–H and O–H groups in total. The molecule has 0 bridgehead atoms. The molecule has 1 aromatic heterocycles. The van der Waals surface area contributed by atoms with Gasteiger partial charge in [-0.3, -0.25) is 9.48 Å². The van der Waals surface area contributed by atoms with Gasteiger partial charge >= 0.3 is 5.97 Å². The van der Waals surface area contributed by atoms with E-state index in [9.17, 15) is 4.79 Å². The van der Waals surface area contributed by atoms with Crippen LogP contribution >= 0.6 is 0 Å². The van der Waals surface area contributed by atoms with Gasteiger partial charge in [0.25, 0.3) is 0 Å². The average molecular weight is 211 g/mol. The smallest absolute Gasteiger partial charge is 0.306 e. The van der Waals surface area contributed by atoms with E-state index in [0.717, 1.165) is 18.8 Å². The molecule has 0 saturated carbocycles. The van der Waals surface area contributed by atoms with Crippen LogP contribution in [0.1, 0.15) is 32.5 Å². The summed E-state index contributed by atoms with van der Waals surface area (Å²) in [6.45, 7) is 4.73. The Kier molecular flexibility index (Phi) is 4.27. The Morgan fingerprint density at radius 1 is 1.60 bits per heavy atom. The molecule has 0 saturated heterocycles. The van der Waals surface area contributed by atoms with Crippen molar-refractivity contribution in [2.45, 2.75) is 39.7 Å². The van der Waals surface area contributed by atoms with Crippen molar-refractivity contribution in [3.05, 3.63) is 12.2 Å². The summed E-state index contributed by atoms with van der Waals surface area (Å²) < 4.78 is 1.78. The summed E-state index contributed by atoms with van der Waals surface area (Å²) in [5, 5.41) is 13.0. The van der Waals surface area contributed by atoms with E-state index in [4.69, 9.17) is 5.11 Å². The third-order valence-electron chi connectivity index (χ3n) is 2.40. The lowest BCUT2D eigenvalue weighted by Gasteiger charge is -2.09. The van der Waals surface area contributed by atoms with Crippen LogP contribution in [0.2, 0.25) is 0 Å². The molecule has 1 unspecified atom stereocenters. The number of hydrogen-bond donors (Lipinski definition) is 1. The minimum absolute atomic E-state index is 0.357. The third-order valence-corrected chi connectivity index (χ3v) is 2.40. The molecule has 1 atom stereocenters. The van der Waals surface area contributed by atoms with Gasteiger partial charge in [-0.05, 0) is 12.8 Å². The quantitative estimate of drug-likeness (QED) is 0.771. The normalized spacial score (nSPS) is 12.7. The van der Waals surface area contributed by atoms with Crippen molar-refractivity contribution in [1.82, 2.24) is 14.8 Å². The second-order valence-corrected chi connectivity index (χ2v) is 3.55. The van der Waals surface area contributed by atoms with Crippen LogP contribution in [0.15, 0.2) is 6.33 Å². The van der Waals surface area contributed by atoms with Crippen LogP contribution in [0.5, 0.6) is 0 Å². The maximum absolute atomic E-state index is 10.9. The predicted molar refractivity (Wildman–Crippen MR) is 55.4 cm³/mol. The molecule has 0 aliphatic heterocycles. The standard InChI is InChI=1S/C10H17N3O2/c1-3-5-13-9(11-7-12-13)6-8(4-2)10(14)15/h7-8H,3-6H2,1-2H3,(H,14,15). The fraction of sp³-hybridized carbons (Fsp3) is 0.700. The summed E-state index contributed by atoms with van der Waals surface area (Å²) >= 11 is 0. The molecule has 5 nitrogen and oxygen atoms in total. The molecule has 0 aliphatic rings. The molecule has 5 heteroatoms. The highest BCUT2D eigenvalue weighted by Gasteiger charge is 2.18. The molecule has 0 aliphatic carbocycles. The number of nitrogens with zero attached hydrogens (tertiary/aromatic N) is 3. The minimum Gasteiger partial charge on any atom is -0.481 e. The number of aliphatic carboxylic acids is 1. The van der Waals surface area contributed by atoms with E-state index < -0.39 is 5.97 Å². The number of hydrogen-bond acceptors (Lipinski definition) is 3. The lowest BCUT2D eigenvalue weighted by Crippen LogP contribution is -2.18. The number of aromatic nitrogens is 3. The van der Waals surface area contributed by atoms with E-state index in [1.807, 2.05) is 6.92 Å². The van der Waals surface area contributed by atoms with Gasteiger partial charge in [-0.15, -0.1) is 0 Å². The summed E-state index contributed by atoms with van der Waals surface area (Å²) in [4.78, 5) is 15.0. The van der Waals surface area contributed by atoms with Crippen molar-refractivity contribution in [2.75, 3.05) is 0 Å². The van der Waals surface area contributed by atoms with Crippen LogP contribution in [0.25, 0.3) is 0 Å². The minimum atomic E-state index is -0.761. The molecule has 0 spiro atoms. The van der Waals surface area contributed by atoms with E-state index in [2.05, 4.69) is 17.0 Å². The van der Waals surface area contributed by atoms with Crippen LogP contribution in [0.4, 0.5) is 0 Å². The lowest BCUT2D eigenvalue weighted by molar-refractivity contribution is -0.141. The van der Waals surface area contributed by atoms with Crippen molar-refractivity contribution in [2.24, 2.45) is 5.92 Å². The molecule has 0 amide bonds. The number of carboxylic acids is 1. The number of carbonyl (C=O) groups is 1. The average Bonchev–Trinajstić information content (AvgIpc) is 2.62. The van der Waals surface area contributed by atoms with Gasteiger partial charge in [0.1, 0.15) is 12.2 Å². The van der Waals surface area contributed by atoms with E-state index in [1.165, 1.54) is 6.33 Å². The Morgan fingerprint density at radius 2 is 2.33 bits per heavy atom. The Labute approximate surface area is 89.1 Å².